The molecule has 0 spiro atoms. The molecule has 3 heterocycles. The minimum Gasteiger partial charge on any atom is -0.333 e. The Balaban J connectivity index is 1.14. The lowest BCUT2D eigenvalue weighted by Crippen LogP contribution is -2.34. The molecule has 3 aliphatic heterocycles. The molecule has 0 N–H and O–H groups in total. The van der Waals surface area contributed by atoms with E-state index < -0.39 is 0 Å². The first-order chi connectivity index (χ1) is 31.3. The Morgan fingerprint density at radius 2 is 0.825 bits per heavy atom. The Bertz CT molecular complexity index is 3220. The molecule has 2 unspecified atom stereocenters. The Morgan fingerprint density at radius 1 is 0.381 bits per heavy atom. The summed E-state index contributed by atoms with van der Waals surface area (Å²) in [5.41, 5.74) is 23.3. The zero-order valence-electron chi connectivity index (χ0n) is 34.8. The molecular formula is C60H43N3. The van der Waals surface area contributed by atoms with E-state index in [2.05, 4.69) is 239 Å². The van der Waals surface area contributed by atoms with Crippen molar-refractivity contribution in [1.82, 2.24) is 0 Å². The van der Waals surface area contributed by atoms with Gasteiger partial charge < -0.3 is 14.7 Å². The van der Waals surface area contributed by atoms with Crippen molar-refractivity contribution in [2.75, 3.05) is 14.7 Å². The molecule has 0 amide bonds. The van der Waals surface area contributed by atoms with E-state index in [0.717, 1.165) is 41.3 Å². The van der Waals surface area contributed by atoms with Crippen LogP contribution in [0.2, 0.25) is 0 Å². The van der Waals surface area contributed by atoms with Crippen molar-refractivity contribution < 1.29 is 0 Å². The van der Waals surface area contributed by atoms with Gasteiger partial charge in [-0.15, -0.1) is 0 Å². The molecule has 3 heteroatoms. The van der Waals surface area contributed by atoms with Crippen molar-refractivity contribution in [2.24, 2.45) is 0 Å². The zero-order valence-corrected chi connectivity index (χ0v) is 34.8. The zero-order chi connectivity index (χ0) is 41.4. The number of hydrogen-bond acceptors (Lipinski definition) is 3. The van der Waals surface area contributed by atoms with Crippen LogP contribution in [-0.2, 0) is 0 Å². The lowest BCUT2D eigenvalue weighted by Gasteiger charge is -2.38. The van der Waals surface area contributed by atoms with Crippen LogP contribution in [0.15, 0.2) is 230 Å². The number of fused-ring (bicyclic) bond motifs is 14. The van der Waals surface area contributed by atoms with Crippen molar-refractivity contribution in [3.05, 3.63) is 241 Å². The summed E-state index contributed by atoms with van der Waals surface area (Å²) < 4.78 is 0. The molecular weight excluding hydrogens is 763 g/mol. The molecule has 13 rings (SSSR count). The molecule has 5 aliphatic rings. The van der Waals surface area contributed by atoms with Gasteiger partial charge in [-0.3, -0.25) is 0 Å². The van der Waals surface area contributed by atoms with Crippen molar-refractivity contribution in [3.63, 3.8) is 0 Å². The van der Waals surface area contributed by atoms with Crippen LogP contribution in [-0.4, -0.2) is 6.04 Å². The number of allylic oxidation sites excluding steroid dienone is 5. The number of benzene rings is 8. The summed E-state index contributed by atoms with van der Waals surface area (Å²) in [5, 5.41) is 0. The third kappa shape index (κ3) is 5.53. The largest absolute Gasteiger partial charge is 0.333 e. The number of para-hydroxylation sites is 4. The van der Waals surface area contributed by atoms with Crippen LogP contribution < -0.4 is 14.7 Å². The molecule has 298 valence electrons. The van der Waals surface area contributed by atoms with Gasteiger partial charge in [0, 0.05) is 45.2 Å². The number of nitrogens with zero attached hydrogens (tertiary/aromatic N) is 3. The SMILES string of the molecule is C1=CC2c3ccccc3-c3ccccc3N(c3cc(N4C5=C(CCC=C5)c5ccccc5-c5ccccc54)cc(N4c5ccccc5-c5ccccc5-c5ccccc54)c3)C2C=C1. The van der Waals surface area contributed by atoms with E-state index >= 15 is 0 Å². The average Bonchev–Trinajstić information content (AvgIpc) is 3.63. The molecule has 2 aliphatic carbocycles. The van der Waals surface area contributed by atoms with Crippen molar-refractivity contribution in [3.8, 4) is 44.5 Å². The van der Waals surface area contributed by atoms with Gasteiger partial charge in [-0.05, 0) is 100 Å². The summed E-state index contributed by atoms with van der Waals surface area (Å²) in [7, 11) is 0. The minimum atomic E-state index is 0.0286. The quantitative estimate of drug-likeness (QED) is 0.176. The fraction of sp³-hybridized carbons (Fsp3) is 0.0667. The average molecular weight is 806 g/mol. The maximum Gasteiger partial charge on any atom is 0.0629 e. The summed E-state index contributed by atoms with van der Waals surface area (Å²) >= 11 is 0. The first-order valence-electron chi connectivity index (χ1n) is 22.2. The van der Waals surface area contributed by atoms with Crippen LogP contribution in [0, 0.1) is 0 Å². The first-order valence-corrected chi connectivity index (χ1v) is 22.2. The fourth-order valence-electron chi connectivity index (χ4n) is 11.1. The van der Waals surface area contributed by atoms with E-state index in [-0.39, 0.29) is 12.0 Å². The van der Waals surface area contributed by atoms with Crippen LogP contribution in [0.1, 0.15) is 29.9 Å². The van der Waals surface area contributed by atoms with E-state index in [1.807, 2.05) is 0 Å². The number of rotatable bonds is 3. The summed E-state index contributed by atoms with van der Waals surface area (Å²) in [6.45, 7) is 0. The van der Waals surface area contributed by atoms with Gasteiger partial charge in [0.1, 0.15) is 0 Å². The first kappa shape index (κ1) is 35.8. The van der Waals surface area contributed by atoms with Crippen LogP contribution >= 0.6 is 0 Å². The van der Waals surface area contributed by atoms with Crippen molar-refractivity contribution in [1.29, 1.82) is 0 Å². The second kappa shape index (κ2) is 14.4. The predicted molar refractivity (Wildman–Crippen MR) is 264 cm³/mol. The number of anilines is 7. The molecule has 0 fully saturated rings. The topological polar surface area (TPSA) is 9.72 Å². The molecule has 63 heavy (non-hydrogen) atoms. The smallest absolute Gasteiger partial charge is 0.0629 e. The van der Waals surface area contributed by atoms with Gasteiger partial charge in [0.05, 0.1) is 34.5 Å². The highest BCUT2D eigenvalue weighted by atomic mass is 15.2. The Morgan fingerprint density at radius 3 is 1.46 bits per heavy atom. The third-order valence-electron chi connectivity index (χ3n) is 13.7. The molecule has 3 nitrogen and oxygen atoms in total. The Kier molecular flexibility index (Phi) is 8.17. The lowest BCUT2D eigenvalue weighted by atomic mass is 9.85. The molecule has 8 aromatic rings. The Labute approximate surface area is 369 Å². The predicted octanol–water partition coefficient (Wildman–Crippen LogP) is 16.1. The monoisotopic (exact) mass is 805 g/mol. The van der Waals surface area contributed by atoms with Gasteiger partial charge in [-0.25, -0.2) is 0 Å². The number of hydrogen-bond donors (Lipinski definition) is 0. The molecule has 0 saturated carbocycles. The second-order valence-electron chi connectivity index (χ2n) is 17.1. The second-order valence-corrected chi connectivity index (χ2v) is 17.1. The van der Waals surface area contributed by atoms with Gasteiger partial charge in [-0.1, -0.05) is 176 Å². The maximum atomic E-state index is 2.63. The van der Waals surface area contributed by atoms with Crippen molar-refractivity contribution >= 4 is 45.4 Å². The van der Waals surface area contributed by atoms with Crippen LogP contribution in [0.4, 0.5) is 39.8 Å². The third-order valence-corrected chi connectivity index (χ3v) is 13.7. The molecule has 0 aromatic heterocycles. The summed E-state index contributed by atoms with van der Waals surface area (Å²) in [6, 6.07) is 70.2. The highest BCUT2D eigenvalue weighted by Crippen LogP contribution is 2.55. The maximum absolute atomic E-state index is 2.63. The summed E-state index contributed by atoms with van der Waals surface area (Å²) in [6.07, 6.45) is 16.0. The summed E-state index contributed by atoms with van der Waals surface area (Å²) in [5.74, 6) is 0.142. The normalized spacial score (nSPS) is 17.4. The van der Waals surface area contributed by atoms with Gasteiger partial charge in [0.25, 0.3) is 0 Å². The van der Waals surface area contributed by atoms with Crippen LogP contribution in [0.25, 0.3) is 50.1 Å². The van der Waals surface area contributed by atoms with E-state index in [9.17, 15) is 0 Å². The van der Waals surface area contributed by atoms with E-state index in [4.69, 9.17) is 0 Å². The molecule has 8 aromatic carbocycles. The van der Waals surface area contributed by atoms with Gasteiger partial charge in [-0.2, -0.15) is 0 Å². The highest BCUT2D eigenvalue weighted by Gasteiger charge is 2.37. The van der Waals surface area contributed by atoms with E-state index in [0.29, 0.717) is 0 Å². The molecule has 0 bridgehead atoms. The van der Waals surface area contributed by atoms with Gasteiger partial charge in [0.2, 0.25) is 0 Å². The minimum absolute atomic E-state index is 0.0286. The van der Waals surface area contributed by atoms with Crippen molar-refractivity contribution in [2.45, 2.75) is 24.8 Å². The van der Waals surface area contributed by atoms with E-state index in [1.165, 1.54) is 78.3 Å². The molecule has 2 atom stereocenters. The van der Waals surface area contributed by atoms with E-state index in [1.54, 1.807) is 0 Å². The molecule has 0 saturated heterocycles. The standard InChI is InChI=1S/C60H43N3/c1-2-20-44-43(19-1)49-25-7-13-31-55(49)61(56-32-14-8-26-50(44)56)40-37-41(62-57-33-15-9-27-51(57)45-21-3-4-22-46(45)52-28-10-16-34-58(52)62)39-42(38-40)63-59-35-17-11-29-53(59)47-23-5-6-24-48(47)54-30-12-18-36-60(54)63/h1-11,13-29,31-39,49,55H,12,30H2. The van der Waals surface area contributed by atoms with Gasteiger partial charge in [0.15, 0.2) is 0 Å². The Hall–Kier alpha value is -7.88. The lowest BCUT2D eigenvalue weighted by molar-refractivity contribution is 0.697. The summed E-state index contributed by atoms with van der Waals surface area (Å²) in [4.78, 5) is 7.71. The van der Waals surface area contributed by atoms with Crippen LogP contribution in [0.3, 0.4) is 0 Å². The van der Waals surface area contributed by atoms with Crippen LogP contribution in [0.5, 0.6) is 0 Å². The van der Waals surface area contributed by atoms with Gasteiger partial charge >= 0.3 is 0 Å². The fourth-order valence-corrected chi connectivity index (χ4v) is 11.1. The molecule has 0 radical (unpaired) electrons. The highest BCUT2D eigenvalue weighted by molar-refractivity contribution is 6.04.